The van der Waals surface area contributed by atoms with Crippen molar-refractivity contribution in [1.29, 1.82) is 5.26 Å². The number of Topliss-reactive ketones (excluding diaryl/α,β-unsaturated/α-hetero) is 1. The molecule has 0 bridgehead atoms. The van der Waals surface area contributed by atoms with Crippen molar-refractivity contribution < 1.29 is 9.59 Å². The molecule has 1 aliphatic carbocycles. The molecule has 4 heteroatoms. The molecule has 1 heterocycles. The van der Waals surface area contributed by atoms with Gasteiger partial charge in [-0.05, 0) is 12.8 Å². The van der Waals surface area contributed by atoms with Crippen LogP contribution in [-0.2, 0) is 9.59 Å². The van der Waals surface area contributed by atoms with Crippen LogP contribution in [0.5, 0.6) is 0 Å². The number of amides is 1. The van der Waals surface area contributed by atoms with E-state index in [-0.39, 0.29) is 6.04 Å². The smallest absolute Gasteiger partial charge is 0.291 e. The molecule has 2 aliphatic rings. The van der Waals surface area contributed by atoms with Gasteiger partial charge in [-0.3, -0.25) is 9.59 Å². The van der Waals surface area contributed by atoms with Crippen LogP contribution in [0.3, 0.4) is 0 Å². The summed E-state index contributed by atoms with van der Waals surface area (Å²) in [5.41, 5.74) is 0. The average Bonchev–Trinajstić information content (AvgIpc) is 2.57. The Bertz CT molecular complexity index is 326. The Morgan fingerprint density at radius 3 is 2.40 bits per heavy atom. The van der Waals surface area contributed by atoms with Crippen molar-refractivity contribution in [3.05, 3.63) is 0 Å². The van der Waals surface area contributed by atoms with E-state index in [4.69, 9.17) is 5.26 Å². The predicted octanol–water partition coefficient (Wildman–Crippen LogP) is 0.870. The zero-order chi connectivity index (χ0) is 10.8. The van der Waals surface area contributed by atoms with Gasteiger partial charge in [-0.25, -0.2) is 0 Å². The molecular weight excluding hydrogens is 192 g/mol. The largest absolute Gasteiger partial charge is 0.331 e. The summed E-state index contributed by atoms with van der Waals surface area (Å²) in [6, 6.07) is 2.10. The van der Waals surface area contributed by atoms with Crippen LogP contribution >= 0.6 is 0 Å². The van der Waals surface area contributed by atoms with E-state index in [1.54, 1.807) is 4.90 Å². The van der Waals surface area contributed by atoms with Crippen LogP contribution in [0.25, 0.3) is 0 Å². The van der Waals surface area contributed by atoms with E-state index in [2.05, 4.69) is 0 Å². The molecule has 4 nitrogen and oxygen atoms in total. The predicted molar refractivity (Wildman–Crippen MR) is 52.7 cm³/mol. The van der Waals surface area contributed by atoms with E-state index in [1.165, 1.54) is 6.42 Å². The first kappa shape index (κ1) is 10.2. The third kappa shape index (κ3) is 1.74. The van der Waals surface area contributed by atoms with Crippen LogP contribution in [0, 0.1) is 17.2 Å². The fraction of sp³-hybridized carbons (Fsp3) is 0.727. The van der Waals surface area contributed by atoms with Crippen LogP contribution in [0.1, 0.15) is 32.1 Å². The van der Waals surface area contributed by atoms with E-state index >= 15 is 0 Å². The SMILES string of the molecule is N#C[C@@H]1CN(C2CCCCC2)C(=O)C1=O. The molecule has 2 fully saturated rings. The minimum atomic E-state index is -0.723. The van der Waals surface area contributed by atoms with Crippen LogP contribution in [0.15, 0.2) is 0 Å². The highest BCUT2D eigenvalue weighted by Crippen LogP contribution is 2.26. The number of likely N-dealkylation sites (tertiary alicyclic amines) is 1. The second kappa shape index (κ2) is 4.01. The maximum absolute atomic E-state index is 11.6. The number of rotatable bonds is 1. The summed E-state index contributed by atoms with van der Waals surface area (Å²) in [5.74, 6) is -1.67. The first-order chi connectivity index (χ1) is 7.24. The first-order valence-corrected chi connectivity index (χ1v) is 5.48. The maximum Gasteiger partial charge on any atom is 0.291 e. The Labute approximate surface area is 88.9 Å². The Kier molecular flexibility index (Phi) is 2.72. The molecule has 15 heavy (non-hydrogen) atoms. The van der Waals surface area contributed by atoms with Gasteiger partial charge in [0.15, 0.2) is 0 Å². The average molecular weight is 206 g/mol. The molecule has 0 radical (unpaired) electrons. The number of hydrogen-bond acceptors (Lipinski definition) is 3. The Morgan fingerprint density at radius 2 is 1.87 bits per heavy atom. The lowest BCUT2D eigenvalue weighted by molar-refractivity contribution is -0.141. The monoisotopic (exact) mass is 206 g/mol. The number of ketones is 1. The van der Waals surface area contributed by atoms with Crippen molar-refractivity contribution in [2.75, 3.05) is 6.54 Å². The lowest BCUT2D eigenvalue weighted by Gasteiger charge is -2.30. The second-order valence-electron chi connectivity index (χ2n) is 4.30. The summed E-state index contributed by atoms with van der Waals surface area (Å²) in [4.78, 5) is 24.6. The molecule has 2 rings (SSSR count). The van der Waals surface area contributed by atoms with Crippen LogP contribution in [0.4, 0.5) is 0 Å². The molecule has 1 saturated carbocycles. The maximum atomic E-state index is 11.6. The van der Waals surface area contributed by atoms with E-state index in [0.29, 0.717) is 6.54 Å². The van der Waals surface area contributed by atoms with Crippen molar-refractivity contribution in [2.45, 2.75) is 38.1 Å². The van der Waals surface area contributed by atoms with Crippen molar-refractivity contribution >= 4 is 11.7 Å². The highest BCUT2D eigenvalue weighted by atomic mass is 16.2. The fourth-order valence-electron chi connectivity index (χ4n) is 2.46. The van der Waals surface area contributed by atoms with Crippen LogP contribution in [0.2, 0.25) is 0 Å². The fourth-order valence-corrected chi connectivity index (χ4v) is 2.46. The summed E-state index contributed by atoms with van der Waals surface area (Å²) < 4.78 is 0. The van der Waals surface area contributed by atoms with Gasteiger partial charge in [0.25, 0.3) is 5.91 Å². The Hall–Kier alpha value is -1.37. The normalized spacial score (nSPS) is 28.2. The van der Waals surface area contributed by atoms with Crippen LogP contribution in [-0.4, -0.2) is 29.2 Å². The second-order valence-corrected chi connectivity index (χ2v) is 4.30. The highest BCUT2D eigenvalue weighted by molar-refractivity contribution is 6.39. The minimum absolute atomic E-state index is 0.202. The molecule has 1 atom stereocenters. The van der Waals surface area contributed by atoms with Gasteiger partial charge in [-0.2, -0.15) is 5.26 Å². The van der Waals surface area contributed by atoms with E-state index in [9.17, 15) is 9.59 Å². The Balaban J connectivity index is 2.08. The van der Waals surface area contributed by atoms with Crippen molar-refractivity contribution in [1.82, 2.24) is 4.90 Å². The molecule has 0 unspecified atom stereocenters. The molecule has 0 aromatic heterocycles. The first-order valence-electron chi connectivity index (χ1n) is 5.48. The van der Waals surface area contributed by atoms with Gasteiger partial charge in [0.05, 0.1) is 6.07 Å². The highest BCUT2D eigenvalue weighted by Gasteiger charge is 2.42. The van der Waals surface area contributed by atoms with Gasteiger partial charge in [-0.1, -0.05) is 19.3 Å². The van der Waals surface area contributed by atoms with Gasteiger partial charge in [-0.15, -0.1) is 0 Å². The third-order valence-electron chi connectivity index (χ3n) is 3.34. The quantitative estimate of drug-likeness (QED) is 0.598. The topological polar surface area (TPSA) is 61.2 Å². The Morgan fingerprint density at radius 1 is 1.20 bits per heavy atom. The summed E-state index contributed by atoms with van der Waals surface area (Å²) >= 11 is 0. The van der Waals surface area contributed by atoms with Gasteiger partial charge in [0, 0.05) is 12.6 Å². The number of hydrogen-bond donors (Lipinski definition) is 0. The summed E-state index contributed by atoms with van der Waals surface area (Å²) in [5, 5.41) is 8.72. The van der Waals surface area contributed by atoms with E-state index < -0.39 is 17.6 Å². The molecule has 0 spiro atoms. The summed E-state index contributed by atoms with van der Waals surface area (Å²) in [6.07, 6.45) is 5.43. The number of carbonyl (C=O) groups is 2. The lowest BCUT2D eigenvalue weighted by Crippen LogP contribution is -2.38. The van der Waals surface area contributed by atoms with Crippen molar-refractivity contribution in [3.63, 3.8) is 0 Å². The van der Waals surface area contributed by atoms with E-state index in [0.717, 1.165) is 25.7 Å². The molecular formula is C11H14N2O2. The summed E-state index contributed by atoms with van der Waals surface area (Å²) in [6.45, 7) is 0.318. The zero-order valence-electron chi connectivity index (χ0n) is 8.61. The molecule has 1 amide bonds. The third-order valence-corrected chi connectivity index (χ3v) is 3.34. The molecule has 1 aliphatic heterocycles. The van der Waals surface area contributed by atoms with Gasteiger partial charge in [0.1, 0.15) is 5.92 Å². The van der Waals surface area contributed by atoms with Gasteiger partial charge < -0.3 is 4.90 Å². The molecule has 0 N–H and O–H groups in total. The summed E-state index contributed by atoms with van der Waals surface area (Å²) in [7, 11) is 0. The number of nitrogens with zero attached hydrogens (tertiary/aromatic N) is 2. The van der Waals surface area contributed by atoms with Gasteiger partial charge >= 0.3 is 0 Å². The zero-order valence-corrected chi connectivity index (χ0v) is 8.61. The van der Waals surface area contributed by atoms with E-state index in [1.807, 2.05) is 6.07 Å². The number of nitriles is 1. The molecule has 0 aromatic carbocycles. The van der Waals surface area contributed by atoms with Crippen molar-refractivity contribution in [2.24, 2.45) is 5.92 Å². The minimum Gasteiger partial charge on any atom is -0.331 e. The van der Waals surface area contributed by atoms with Crippen LogP contribution < -0.4 is 0 Å². The molecule has 1 saturated heterocycles. The molecule has 0 aromatic rings. The molecule has 80 valence electrons. The lowest BCUT2D eigenvalue weighted by atomic mass is 9.94. The standard InChI is InChI=1S/C11H14N2O2/c12-6-8-7-13(11(15)10(8)14)9-4-2-1-3-5-9/h8-9H,1-5,7H2/t8-/m1/s1. The van der Waals surface area contributed by atoms with Crippen molar-refractivity contribution in [3.8, 4) is 6.07 Å². The van der Waals surface area contributed by atoms with Gasteiger partial charge in [0.2, 0.25) is 5.78 Å². The number of carbonyl (C=O) groups excluding carboxylic acids is 2.